The summed E-state index contributed by atoms with van der Waals surface area (Å²) in [6, 6.07) is 2.24. The van der Waals surface area contributed by atoms with E-state index in [0.29, 0.717) is 0 Å². The van der Waals surface area contributed by atoms with Crippen molar-refractivity contribution in [1.29, 1.82) is 0 Å². The zero-order valence-electron chi connectivity index (χ0n) is 11.7. The summed E-state index contributed by atoms with van der Waals surface area (Å²) in [7, 11) is 0. The van der Waals surface area contributed by atoms with Gasteiger partial charge in [0.25, 0.3) is 0 Å². The average molecular weight is 235 g/mol. The minimum Gasteiger partial charge on any atom is -0.327 e. The van der Waals surface area contributed by atoms with Crippen LogP contribution in [-0.4, -0.2) is 16.0 Å². The fourth-order valence-electron chi connectivity index (χ4n) is 1.77. The molecule has 17 heavy (non-hydrogen) atoms. The van der Waals surface area contributed by atoms with E-state index in [1.165, 1.54) is 0 Å². The summed E-state index contributed by atoms with van der Waals surface area (Å²) < 4.78 is 0. The van der Waals surface area contributed by atoms with Gasteiger partial charge in [0.2, 0.25) is 0 Å². The van der Waals surface area contributed by atoms with Gasteiger partial charge in [-0.25, -0.2) is 9.97 Å². The minimum atomic E-state index is 0.201. The van der Waals surface area contributed by atoms with Crippen molar-refractivity contribution >= 4 is 0 Å². The first kappa shape index (κ1) is 14.1. The van der Waals surface area contributed by atoms with E-state index in [1.54, 1.807) is 0 Å². The number of aromatic nitrogens is 2. The van der Waals surface area contributed by atoms with Crippen molar-refractivity contribution in [2.45, 2.75) is 59.9 Å². The lowest BCUT2D eigenvalue weighted by Crippen LogP contribution is -2.23. The van der Waals surface area contributed by atoms with Gasteiger partial charge in [-0.1, -0.05) is 27.7 Å². The molecule has 0 aliphatic carbocycles. The number of nitrogens with zero attached hydrogens (tertiary/aromatic N) is 2. The van der Waals surface area contributed by atoms with Gasteiger partial charge < -0.3 is 5.73 Å². The highest BCUT2D eigenvalue weighted by atomic mass is 14.9. The fraction of sp³-hybridized carbons (Fsp3) is 0.714. The summed E-state index contributed by atoms with van der Waals surface area (Å²) in [6.07, 6.45) is 2.73. The zero-order valence-corrected chi connectivity index (χ0v) is 11.7. The Hall–Kier alpha value is -0.960. The van der Waals surface area contributed by atoms with Crippen molar-refractivity contribution in [2.75, 3.05) is 0 Å². The van der Waals surface area contributed by atoms with E-state index in [0.717, 1.165) is 36.5 Å². The van der Waals surface area contributed by atoms with Crippen molar-refractivity contribution in [3.8, 4) is 0 Å². The van der Waals surface area contributed by atoms with Gasteiger partial charge in [0.15, 0.2) is 0 Å². The maximum absolute atomic E-state index is 5.97. The first-order valence-electron chi connectivity index (χ1n) is 6.39. The molecule has 0 fully saturated rings. The summed E-state index contributed by atoms with van der Waals surface area (Å²) in [5.74, 6) is 0.941. The third kappa shape index (κ3) is 5.26. The van der Waals surface area contributed by atoms with Crippen LogP contribution in [0.4, 0.5) is 0 Å². The van der Waals surface area contributed by atoms with Crippen molar-refractivity contribution < 1.29 is 0 Å². The molecule has 0 aliphatic heterocycles. The van der Waals surface area contributed by atoms with Crippen molar-refractivity contribution in [3.63, 3.8) is 0 Å². The lowest BCUT2D eigenvalue weighted by atomic mass is 9.92. The van der Waals surface area contributed by atoms with Gasteiger partial charge in [0.05, 0.1) is 0 Å². The van der Waals surface area contributed by atoms with Crippen LogP contribution in [0.2, 0.25) is 0 Å². The Balaban J connectivity index is 2.86. The summed E-state index contributed by atoms with van der Waals surface area (Å²) >= 11 is 0. The summed E-state index contributed by atoms with van der Waals surface area (Å²) in [5.41, 5.74) is 8.31. The minimum absolute atomic E-state index is 0.201. The molecule has 1 unspecified atom stereocenters. The first-order chi connectivity index (χ1) is 7.80. The topological polar surface area (TPSA) is 51.8 Å². The number of hydrogen-bond acceptors (Lipinski definition) is 3. The Bertz CT molecular complexity index is 366. The molecule has 0 amide bonds. The van der Waals surface area contributed by atoms with Gasteiger partial charge in [0.1, 0.15) is 5.82 Å². The van der Waals surface area contributed by atoms with Crippen LogP contribution in [0.15, 0.2) is 6.07 Å². The number of nitrogens with two attached hydrogens (primary N) is 1. The maximum atomic E-state index is 5.97. The molecule has 1 aromatic heterocycles. The fourth-order valence-corrected chi connectivity index (χ4v) is 1.77. The molecule has 1 aromatic rings. The molecule has 3 nitrogen and oxygen atoms in total. The molecule has 96 valence electrons. The Morgan fingerprint density at radius 3 is 2.47 bits per heavy atom. The van der Waals surface area contributed by atoms with Crippen LogP contribution in [0.5, 0.6) is 0 Å². The van der Waals surface area contributed by atoms with Gasteiger partial charge in [-0.3, -0.25) is 0 Å². The normalized spacial score (nSPS) is 13.8. The Morgan fingerprint density at radius 2 is 1.94 bits per heavy atom. The van der Waals surface area contributed by atoms with E-state index in [-0.39, 0.29) is 11.5 Å². The van der Waals surface area contributed by atoms with Gasteiger partial charge in [0, 0.05) is 30.3 Å². The standard InChI is InChI=1S/C14H25N3/c1-6-11(15)8-12-7-10(2)16-13(17-12)9-14(3,4)5/h7,11H,6,8-9,15H2,1-5H3. The van der Waals surface area contributed by atoms with E-state index >= 15 is 0 Å². The van der Waals surface area contributed by atoms with Crippen LogP contribution >= 0.6 is 0 Å². The van der Waals surface area contributed by atoms with E-state index in [9.17, 15) is 0 Å². The van der Waals surface area contributed by atoms with Crippen LogP contribution in [0.1, 0.15) is 51.3 Å². The SMILES string of the molecule is CCC(N)Cc1cc(C)nc(CC(C)(C)C)n1. The third-order valence-electron chi connectivity index (χ3n) is 2.64. The third-order valence-corrected chi connectivity index (χ3v) is 2.64. The second-order valence-corrected chi connectivity index (χ2v) is 6.03. The highest BCUT2D eigenvalue weighted by Gasteiger charge is 2.14. The molecule has 0 spiro atoms. The molecule has 0 bridgehead atoms. The van der Waals surface area contributed by atoms with E-state index < -0.39 is 0 Å². The molecule has 0 radical (unpaired) electrons. The quantitative estimate of drug-likeness (QED) is 0.873. The van der Waals surface area contributed by atoms with Gasteiger partial charge in [-0.15, -0.1) is 0 Å². The van der Waals surface area contributed by atoms with Crippen LogP contribution in [0.3, 0.4) is 0 Å². The molecular formula is C14H25N3. The van der Waals surface area contributed by atoms with Crippen LogP contribution < -0.4 is 5.73 Å². The van der Waals surface area contributed by atoms with E-state index in [2.05, 4.69) is 37.7 Å². The molecule has 1 atom stereocenters. The predicted octanol–water partition coefficient (Wildman–Crippen LogP) is 2.65. The molecule has 1 heterocycles. The lowest BCUT2D eigenvalue weighted by molar-refractivity contribution is 0.399. The van der Waals surface area contributed by atoms with Crippen LogP contribution in [0.25, 0.3) is 0 Å². The summed E-state index contributed by atoms with van der Waals surface area (Å²) in [6.45, 7) is 10.7. The second-order valence-electron chi connectivity index (χ2n) is 6.03. The molecule has 1 rings (SSSR count). The van der Waals surface area contributed by atoms with Gasteiger partial charge >= 0.3 is 0 Å². The first-order valence-corrected chi connectivity index (χ1v) is 6.39. The van der Waals surface area contributed by atoms with Gasteiger partial charge in [-0.05, 0) is 24.8 Å². The summed E-state index contributed by atoms with van der Waals surface area (Å²) in [4.78, 5) is 9.12. The largest absolute Gasteiger partial charge is 0.327 e. The lowest BCUT2D eigenvalue weighted by Gasteiger charge is -2.18. The maximum Gasteiger partial charge on any atom is 0.129 e. The molecule has 0 saturated carbocycles. The van der Waals surface area contributed by atoms with Crippen LogP contribution in [-0.2, 0) is 12.8 Å². The highest BCUT2D eigenvalue weighted by molar-refractivity contribution is 5.12. The number of rotatable bonds is 4. The number of aryl methyl sites for hydroxylation is 1. The molecular weight excluding hydrogens is 210 g/mol. The molecule has 2 N–H and O–H groups in total. The monoisotopic (exact) mass is 235 g/mol. The highest BCUT2D eigenvalue weighted by Crippen LogP contribution is 2.19. The number of hydrogen-bond donors (Lipinski definition) is 1. The van der Waals surface area contributed by atoms with Crippen molar-refractivity contribution in [3.05, 3.63) is 23.3 Å². The smallest absolute Gasteiger partial charge is 0.129 e. The molecule has 0 aromatic carbocycles. The van der Waals surface area contributed by atoms with E-state index in [1.807, 2.05) is 13.0 Å². The summed E-state index contributed by atoms with van der Waals surface area (Å²) in [5, 5.41) is 0. The van der Waals surface area contributed by atoms with E-state index in [4.69, 9.17) is 5.73 Å². The molecule has 3 heteroatoms. The Kier molecular flexibility index (Phi) is 4.63. The second kappa shape index (κ2) is 5.58. The van der Waals surface area contributed by atoms with Gasteiger partial charge in [-0.2, -0.15) is 0 Å². The molecule has 0 saturated heterocycles. The van der Waals surface area contributed by atoms with Crippen LogP contribution in [0, 0.1) is 12.3 Å². The average Bonchev–Trinajstić information content (AvgIpc) is 2.13. The Morgan fingerprint density at radius 1 is 1.29 bits per heavy atom. The molecule has 0 aliphatic rings. The Labute approximate surface area is 105 Å². The van der Waals surface area contributed by atoms with Crippen molar-refractivity contribution in [1.82, 2.24) is 9.97 Å². The van der Waals surface area contributed by atoms with Crippen molar-refractivity contribution in [2.24, 2.45) is 11.1 Å². The zero-order chi connectivity index (χ0) is 13.1. The predicted molar refractivity (Wildman–Crippen MR) is 71.9 cm³/mol.